The molecule has 0 saturated carbocycles. The zero-order chi connectivity index (χ0) is 25.8. The number of thiazole rings is 1. The average molecular weight is 508 g/mol. The molecular weight excluding hydrogens is 479 g/mol. The third kappa shape index (κ3) is 6.61. The Hall–Kier alpha value is -2.91. The Morgan fingerprint density at radius 2 is 1.80 bits per heavy atom. The molecule has 1 heterocycles. The number of rotatable bonds is 10. The number of alkyl halides is 3. The third-order valence-electron chi connectivity index (χ3n) is 5.60. The molecule has 2 aromatic carbocycles. The summed E-state index contributed by atoms with van der Waals surface area (Å²) in [7, 11) is 0. The van der Waals surface area contributed by atoms with Gasteiger partial charge in [0.25, 0.3) is 0 Å². The van der Waals surface area contributed by atoms with Crippen LogP contribution in [0.4, 0.5) is 13.2 Å². The number of nitrogens with zero attached hydrogens (tertiary/aromatic N) is 1. The fourth-order valence-corrected chi connectivity index (χ4v) is 4.89. The van der Waals surface area contributed by atoms with Gasteiger partial charge in [-0.25, -0.2) is 9.78 Å². The van der Waals surface area contributed by atoms with Crippen molar-refractivity contribution in [2.45, 2.75) is 58.9 Å². The van der Waals surface area contributed by atoms with Crippen LogP contribution >= 0.6 is 11.3 Å². The standard InChI is InChI=1S/C26H28F3NO4S/c1-5-21(34-20-12-9-18(15(3)13-20)14-22(25(31)32)33-6-2)23-16(4)30-24(35-23)17-7-10-19(11-8-17)26(27,28)29/h7-13,21-22H,5-6,14H2,1-4H3,(H,31,32). The molecule has 2 atom stereocenters. The lowest BCUT2D eigenvalue weighted by molar-refractivity contribution is -0.150. The van der Waals surface area contributed by atoms with Crippen molar-refractivity contribution in [1.82, 2.24) is 4.98 Å². The summed E-state index contributed by atoms with van der Waals surface area (Å²) in [6.07, 6.45) is -4.64. The minimum absolute atomic E-state index is 0.261. The maximum atomic E-state index is 12.9. The highest BCUT2D eigenvalue weighted by atomic mass is 32.1. The quantitative estimate of drug-likeness (QED) is 0.320. The van der Waals surface area contributed by atoms with Crippen LogP contribution in [0.3, 0.4) is 0 Å². The van der Waals surface area contributed by atoms with Crippen LogP contribution in [0, 0.1) is 13.8 Å². The summed E-state index contributed by atoms with van der Waals surface area (Å²) in [5.74, 6) is -0.354. The van der Waals surface area contributed by atoms with Crippen LogP contribution in [0.15, 0.2) is 42.5 Å². The third-order valence-corrected chi connectivity index (χ3v) is 6.89. The van der Waals surface area contributed by atoms with Crippen molar-refractivity contribution >= 4 is 17.3 Å². The van der Waals surface area contributed by atoms with E-state index in [4.69, 9.17) is 9.47 Å². The summed E-state index contributed by atoms with van der Waals surface area (Å²) in [5.41, 5.74) is 2.46. The van der Waals surface area contributed by atoms with Gasteiger partial charge in [-0.05, 0) is 62.6 Å². The van der Waals surface area contributed by atoms with Gasteiger partial charge >= 0.3 is 12.1 Å². The molecule has 0 amide bonds. The fourth-order valence-electron chi connectivity index (χ4n) is 3.71. The molecule has 5 nitrogen and oxygen atoms in total. The van der Waals surface area contributed by atoms with Crippen LogP contribution in [0.1, 0.15) is 53.6 Å². The minimum Gasteiger partial charge on any atom is -0.485 e. The topological polar surface area (TPSA) is 68.7 Å². The van der Waals surface area contributed by atoms with Gasteiger partial charge in [-0.2, -0.15) is 13.2 Å². The molecule has 188 valence electrons. The minimum atomic E-state index is -4.38. The molecule has 0 aliphatic rings. The Labute approximate surface area is 206 Å². The molecule has 2 unspecified atom stereocenters. The van der Waals surface area contributed by atoms with Gasteiger partial charge in [-0.1, -0.05) is 25.1 Å². The second kappa shape index (κ2) is 11.2. The molecule has 35 heavy (non-hydrogen) atoms. The van der Waals surface area contributed by atoms with Crippen molar-refractivity contribution in [3.63, 3.8) is 0 Å². The summed E-state index contributed by atoms with van der Waals surface area (Å²) < 4.78 is 50.2. The van der Waals surface area contributed by atoms with Crippen LogP contribution in [-0.2, 0) is 22.1 Å². The number of aromatic nitrogens is 1. The number of benzene rings is 2. The van der Waals surface area contributed by atoms with Crippen LogP contribution in [-0.4, -0.2) is 28.8 Å². The average Bonchev–Trinajstić information content (AvgIpc) is 3.19. The van der Waals surface area contributed by atoms with E-state index in [9.17, 15) is 23.1 Å². The van der Waals surface area contributed by atoms with Gasteiger partial charge in [0, 0.05) is 18.6 Å². The van der Waals surface area contributed by atoms with E-state index >= 15 is 0 Å². The van der Waals surface area contributed by atoms with Gasteiger partial charge in [0.1, 0.15) is 16.9 Å². The highest BCUT2D eigenvalue weighted by molar-refractivity contribution is 7.15. The smallest absolute Gasteiger partial charge is 0.416 e. The van der Waals surface area contributed by atoms with Gasteiger partial charge in [-0.15, -0.1) is 11.3 Å². The monoisotopic (exact) mass is 507 g/mol. The second-order valence-corrected chi connectivity index (χ2v) is 9.16. The van der Waals surface area contributed by atoms with Crippen molar-refractivity contribution in [2.75, 3.05) is 6.61 Å². The SMILES string of the molecule is CCOC(Cc1ccc(OC(CC)c2sc(-c3ccc(C(F)(F)F)cc3)nc2C)cc1C)C(=O)O. The molecule has 0 aliphatic carbocycles. The van der Waals surface area contributed by atoms with Crippen LogP contribution in [0.5, 0.6) is 5.75 Å². The van der Waals surface area contributed by atoms with Crippen LogP contribution in [0.25, 0.3) is 10.6 Å². The lowest BCUT2D eigenvalue weighted by atomic mass is 10.0. The first kappa shape index (κ1) is 26.7. The Morgan fingerprint density at radius 1 is 1.11 bits per heavy atom. The maximum Gasteiger partial charge on any atom is 0.416 e. The van der Waals surface area contributed by atoms with Crippen molar-refractivity contribution in [1.29, 1.82) is 0 Å². The molecule has 3 aromatic rings. The molecule has 0 spiro atoms. The molecular formula is C26H28F3NO4S. The van der Waals surface area contributed by atoms with Gasteiger partial charge in [0.15, 0.2) is 6.10 Å². The van der Waals surface area contributed by atoms with E-state index in [1.54, 1.807) is 6.92 Å². The zero-order valence-electron chi connectivity index (χ0n) is 20.0. The molecule has 0 radical (unpaired) electrons. The Kier molecular flexibility index (Phi) is 8.56. The number of carboxylic acid groups (broad SMARTS) is 1. The maximum absolute atomic E-state index is 12.9. The molecule has 0 aliphatic heterocycles. The molecule has 9 heteroatoms. The summed E-state index contributed by atoms with van der Waals surface area (Å²) in [6, 6.07) is 10.5. The first-order chi connectivity index (χ1) is 16.5. The zero-order valence-corrected chi connectivity index (χ0v) is 20.8. The first-order valence-electron chi connectivity index (χ1n) is 11.3. The number of halogens is 3. The van der Waals surface area contributed by atoms with Gasteiger partial charge in [0.05, 0.1) is 16.1 Å². The highest BCUT2D eigenvalue weighted by Gasteiger charge is 2.30. The molecule has 3 rings (SSSR count). The summed E-state index contributed by atoms with van der Waals surface area (Å²) in [4.78, 5) is 16.9. The Bertz CT molecular complexity index is 1160. The van der Waals surface area contributed by atoms with Gasteiger partial charge in [-0.3, -0.25) is 0 Å². The lowest BCUT2D eigenvalue weighted by Gasteiger charge is -2.19. The van der Waals surface area contributed by atoms with Crippen molar-refractivity contribution < 1.29 is 32.5 Å². The van der Waals surface area contributed by atoms with Crippen molar-refractivity contribution in [3.8, 4) is 16.3 Å². The van der Waals surface area contributed by atoms with Crippen molar-refractivity contribution in [3.05, 3.63) is 69.7 Å². The van der Waals surface area contributed by atoms with Crippen LogP contribution < -0.4 is 4.74 Å². The first-order valence-corrected chi connectivity index (χ1v) is 12.1. The van der Waals surface area contributed by atoms with Crippen molar-refractivity contribution in [2.24, 2.45) is 0 Å². The van der Waals surface area contributed by atoms with E-state index in [1.165, 1.54) is 23.5 Å². The van der Waals surface area contributed by atoms with Gasteiger partial charge in [0.2, 0.25) is 0 Å². The predicted molar refractivity (Wildman–Crippen MR) is 129 cm³/mol. The number of carbonyl (C=O) groups is 1. The lowest BCUT2D eigenvalue weighted by Crippen LogP contribution is -2.26. The molecule has 1 aromatic heterocycles. The van der Waals surface area contributed by atoms with E-state index < -0.39 is 23.8 Å². The second-order valence-electron chi connectivity index (χ2n) is 8.13. The number of hydrogen-bond donors (Lipinski definition) is 1. The Balaban J connectivity index is 1.78. The molecule has 1 N–H and O–H groups in total. The summed E-state index contributed by atoms with van der Waals surface area (Å²) >= 11 is 1.40. The number of aliphatic carboxylic acids is 1. The fraction of sp³-hybridized carbons (Fsp3) is 0.385. The molecule has 0 saturated heterocycles. The largest absolute Gasteiger partial charge is 0.485 e. The number of ether oxygens (including phenoxy) is 2. The van der Waals surface area contributed by atoms with Gasteiger partial charge < -0.3 is 14.6 Å². The predicted octanol–water partition coefficient (Wildman–Crippen LogP) is 7.01. The highest BCUT2D eigenvalue weighted by Crippen LogP contribution is 2.37. The van der Waals surface area contributed by atoms with E-state index in [0.717, 1.165) is 33.8 Å². The van der Waals surface area contributed by atoms with E-state index in [-0.39, 0.29) is 12.5 Å². The number of aryl methyl sites for hydroxylation is 2. The van der Waals surface area contributed by atoms with Crippen LogP contribution in [0.2, 0.25) is 0 Å². The normalized spacial score (nSPS) is 13.5. The molecule has 0 bridgehead atoms. The number of hydrogen-bond acceptors (Lipinski definition) is 5. The summed E-state index contributed by atoms with van der Waals surface area (Å²) in [5, 5.41) is 9.98. The van der Waals surface area contributed by atoms with E-state index in [1.807, 2.05) is 39.0 Å². The van der Waals surface area contributed by atoms with E-state index in [0.29, 0.717) is 29.3 Å². The summed E-state index contributed by atoms with van der Waals surface area (Å²) in [6.45, 7) is 7.82. The number of carboxylic acids is 1. The molecule has 0 fully saturated rings. The Morgan fingerprint density at radius 3 is 2.34 bits per heavy atom. The van der Waals surface area contributed by atoms with E-state index in [2.05, 4.69) is 4.98 Å².